The molecular weight excluding hydrogens is 438 g/mol. The van der Waals surface area contributed by atoms with Crippen LogP contribution in [0.4, 0.5) is 8.78 Å². The van der Waals surface area contributed by atoms with Gasteiger partial charge in [-0.05, 0) is 43.7 Å². The van der Waals surface area contributed by atoms with E-state index in [-0.39, 0.29) is 37.0 Å². The highest BCUT2D eigenvalue weighted by Crippen LogP contribution is 2.22. The molecule has 0 N–H and O–H groups in total. The summed E-state index contributed by atoms with van der Waals surface area (Å²) < 4.78 is 55.1. The summed E-state index contributed by atoms with van der Waals surface area (Å²) in [6.07, 6.45) is 1.52. The lowest BCUT2D eigenvalue weighted by molar-refractivity contribution is 0.0697. The minimum atomic E-state index is -3.99. The van der Waals surface area contributed by atoms with Crippen LogP contribution in [-0.4, -0.2) is 59.5 Å². The van der Waals surface area contributed by atoms with E-state index in [0.29, 0.717) is 17.3 Å². The van der Waals surface area contributed by atoms with Crippen molar-refractivity contribution in [1.29, 1.82) is 0 Å². The zero-order chi connectivity index (χ0) is 23.0. The molecule has 32 heavy (non-hydrogen) atoms. The fraction of sp³-hybridized carbons (Fsp3) is 0.273. The van der Waals surface area contributed by atoms with Gasteiger partial charge >= 0.3 is 0 Å². The lowest BCUT2D eigenvalue weighted by atomic mass is 10.2. The van der Waals surface area contributed by atoms with E-state index >= 15 is 0 Å². The summed E-state index contributed by atoms with van der Waals surface area (Å²) in [5, 5.41) is 4.37. The van der Waals surface area contributed by atoms with Crippen LogP contribution in [0.2, 0.25) is 0 Å². The number of hydrogen-bond donors (Lipinski definition) is 0. The van der Waals surface area contributed by atoms with Crippen molar-refractivity contribution < 1.29 is 22.0 Å². The molecule has 1 aromatic heterocycles. The Labute approximate surface area is 184 Å². The van der Waals surface area contributed by atoms with Crippen LogP contribution in [0.1, 0.15) is 21.6 Å². The van der Waals surface area contributed by atoms with Crippen LogP contribution in [0.3, 0.4) is 0 Å². The first kappa shape index (κ1) is 22.1. The van der Waals surface area contributed by atoms with E-state index < -0.39 is 21.7 Å². The van der Waals surface area contributed by atoms with Gasteiger partial charge in [0.2, 0.25) is 10.0 Å². The molecule has 0 unspecified atom stereocenters. The predicted molar refractivity (Wildman–Crippen MR) is 114 cm³/mol. The maximum Gasteiger partial charge on any atom is 0.257 e. The van der Waals surface area contributed by atoms with E-state index in [0.717, 1.165) is 23.4 Å². The maximum absolute atomic E-state index is 13.5. The van der Waals surface area contributed by atoms with Crippen molar-refractivity contribution in [1.82, 2.24) is 19.0 Å². The molecule has 10 heteroatoms. The summed E-state index contributed by atoms with van der Waals surface area (Å²) in [5.74, 6) is -2.56. The van der Waals surface area contributed by atoms with Crippen molar-refractivity contribution >= 4 is 15.9 Å². The number of para-hydroxylation sites is 1. The van der Waals surface area contributed by atoms with E-state index in [1.807, 2.05) is 38.1 Å². The summed E-state index contributed by atoms with van der Waals surface area (Å²) in [7, 11) is -3.99. The van der Waals surface area contributed by atoms with Crippen LogP contribution in [-0.2, 0) is 10.0 Å². The SMILES string of the molecule is Cc1ccccc1-n1ncc(C(=O)N2CCN(S(=O)(=O)c3ccc(F)c(F)c3)CC2)c1C. The normalized spacial score (nSPS) is 15.2. The highest BCUT2D eigenvalue weighted by atomic mass is 32.2. The minimum absolute atomic E-state index is 0.0536. The number of carbonyl (C=O) groups excluding carboxylic acids is 1. The Kier molecular flexibility index (Phi) is 5.83. The molecule has 0 bridgehead atoms. The van der Waals surface area contributed by atoms with E-state index in [1.165, 1.54) is 10.5 Å². The second kappa shape index (κ2) is 8.44. The molecule has 1 fully saturated rings. The summed E-state index contributed by atoms with van der Waals surface area (Å²) in [4.78, 5) is 14.3. The van der Waals surface area contributed by atoms with E-state index in [4.69, 9.17) is 0 Å². The molecular formula is C22H22F2N4O3S. The number of aromatic nitrogens is 2. The average Bonchev–Trinajstić information content (AvgIpc) is 3.16. The molecule has 1 saturated heterocycles. The topological polar surface area (TPSA) is 75.5 Å². The number of amides is 1. The van der Waals surface area contributed by atoms with Crippen LogP contribution in [0, 0.1) is 25.5 Å². The lowest BCUT2D eigenvalue weighted by Gasteiger charge is -2.34. The lowest BCUT2D eigenvalue weighted by Crippen LogP contribution is -2.50. The van der Waals surface area contributed by atoms with E-state index in [1.54, 1.807) is 9.58 Å². The number of carbonyl (C=O) groups is 1. The van der Waals surface area contributed by atoms with Gasteiger partial charge in [-0.15, -0.1) is 0 Å². The zero-order valence-electron chi connectivity index (χ0n) is 17.6. The van der Waals surface area contributed by atoms with Gasteiger partial charge in [-0.1, -0.05) is 18.2 Å². The summed E-state index contributed by atoms with van der Waals surface area (Å²) >= 11 is 0. The van der Waals surface area contributed by atoms with Gasteiger partial charge in [-0.2, -0.15) is 9.40 Å². The molecule has 0 atom stereocenters. The van der Waals surface area contributed by atoms with E-state index in [9.17, 15) is 22.0 Å². The van der Waals surface area contributed by atoms with Crippen molar-refractivity contribution in [2.45, 2.75) is 18.7 Å². The maximum atomic E-state index is 13.5. The van der Waals surface area contributed by atoms with Gasteiger partial charge in [0, 0.05) is 26.2 Å². The Morgan fingerprint density at radius 1 is 0.969 bits per heavy atom. The number of rotatable bonds is 4. The second-order valence-corrected chi connectivity index (χ2v) is 9.55. The Hall–Kier alpha value is -3.11. The fourth-order valence-corrected chi connectivity index (χ4v) is 5.19. The minimum Gasteiger partial charge on any atom is -0.336 e. The van der Waals surface area contributed by atoms with Gasteiger partial charge in [0.15, 0.2) is 11.6 Å². The molecule has 0 aliphatic carbocycles. The quantitative estimate of drug-likeness (QED) is 0.600. The van der Waals surface area contributed by atoms with Crippen molar-refractivity contribution in [2.75, 3.05) is 26.2 Å². The fourth-order valence-electron chi connectivity index (χ4n) is 3.75. The molecule has 0 radical (unpaired) electrons. The number of halogens is 2. The van der Waals surface area contributed by atoms with Crippen LogP contribution in [0.5, 0.6) is 0 Å². The molecule has 7 nitrogen and oxygen atoms in total. The summed E-state index contributed by atoms with van der Waals surface area (Å²) in [6, 6.07) is 10.2. The van der Waals surface area contributed by atoms with Gasteiger partial charge < -0.3 is 4.90 Å². The summed E-state index contributed by atoms with van der Waals surface area (Å²) in [6.45, 7) is 4.24. The van der Waals surface area contributed by atoms with E-state index in [2.05, 4.69) is 5.10 Å². The van der Waals surface area contributed by atoms with Gasteiger partial charge in [0.05, 0.1) is 28.0 Å². The molecule has 4 rings (SSSR count). The molecule has 3 aromatic rings. The second-order valence-electron chi connectivity index (χ2n) is 7.61. The first-order valence-corrected chi connectivity index (χ1v) is 11.5. The van der Waals surface area contributed by atoms with Gasteiger partial charge in [0.1, 0.15) is 0 Å². The van der Waals surface area contributed by atoms with Crippen molar-refractivity contribution in [2.24, 2.45) is 0 Å². The third-order valence-electron chi connectivity index (χ3n) is 5.64. The molecule has 1 aliphatic heterocycles. The van der Waals surface area contributed by atoms with Gasteiger partial charge in [0.25, 0.3) is 5.91 Å². The smallest absolute Gasteiger partial charge is 0.257 e. The van der Waals surface area contributed by atoms with Crippen LogP contribution < -0.4 is 0 Å². The average molecular weight is 461 g/mol. The standard InChI is InChI=1S/C22H22F2N4O3S/c1-15-5-3-4-6-21(15)28-16(2)18(14-25-28)22(29)26-9-11-27(12-10-26)32(30,31)17-7-8-19(23)20(24)13-17/h3-8,13-14H,9-12H2,1-2H3. The Morgan fingerprint density at radius 2 is 1.66 bits per heavy atom. The van der Waals surface area contributed by atoms with Crippen molar-refractivity contribution in [3.05, 3.63) is 77.1 Å². The molecule has 0 saturated carbocycles. The number of nitrogens with zero attached hydrogens (tertiary/aromatic N) is 4. The highest BCUT2D eigenvalue weighted by Gasteiger charge is 2.32. The zero-order valence-corrected chi connectivity index (χ0v) is 18.4. The highest BCUT2D eigenvalue weighted by molar-refractivity contribution is 7.89. The predicted octanol–water partition coefficient (Wildman–Crippen LogP) is 2.91. The van der Waals surface area contributed by atoms with Crippen molar-refractivity contribution in [3.8, 4) is 5.69 Å². The molecule has 168 valence electrons. The van der Waals surface area contributed by atoms with Gasteiger partial charge in [-0.25, -0.2) is 21.9 Å². The number of sulfonamides is 1. The monoisotopic (exact) mass is 460 g/mol. The Balaban J connectivity index is 1.49. The first-order valence-electron chi connectivity index (χ1n) is 10.1. The largest absolute Gasteiger partial charge is 0.336 e. The molecule has 2 heterocycles. The molecule has 0 spiro atoms. The Bertz CT molecular complexity index is 1280. The van der Waals surface area contributed by atoms with Gasteiger partial charge in [-0.3, -0.25) is 4.79 Å². The van der Waals surface area contributed by atoms with Crippen LogP contribution in [0.25, 0.3) is 5.69 Å². The number of piperazine rings is 1. The van der Waals surface area contributed by atoms with Crippen LogP contribution >= 0.6 is 0 Å². The first-order chi connectivity index (χ1) is 15.2. The third kappa shape index (κ3) is 3.91. The number of hydrogen-bond acceptors (Lipinski definition) is 4. The third-order valence-corrected chi connectivity index (χ3v) is 7.53. The molecule has 1 aliphatic rings. The van der Waals surface area contributed by atoms with Crippen LogP contribution in [0.15, 0.2) is 53.6 Å². The number of benzene rings is 2. The number of aryl methyl sites for hydroxylation is 1. The van der Waals surface area contributed by atoms with Crippen molar-refractivity contribution in [3.63, 3.8) is 0 Å². The summed E-state index contributed by atoms with van der Waals surface area (Å²) in [5.41, 5.74) is 3.05. The Morgan fingerprint density at radius 3 is 2.31 bits per heavy atom. The molecule has 1 amide bonds. The molecule has 2 aromatic carbocycles.